The van der Waals surface area contributed by atoms with Gasteiger partial charge in [-0.2, -0.15) is 0 Å². The lowest BCUT2D eigenvalue weighted by Crippen LogP contribution is -2.45. The molecule has 28 heavy (non-hydrogen) atoms. The lowest BCUT2D eigenvalue weighted by Gasteiger charge is -2.33. The number of pyridine rings is 1. The van der Waals surface area contributed by atoms with E-state index in [-0.39, 0.29) is 29.6 Å². The molecule has 3 rings (SSSR count). The van der Waals surface area contributed by atoms with Crippen LogP contribution in [-0.2, 0) is 11.3 Å². The van der Waals surface area contributed by atoms with Crippen molar-refractivity contribution in [2.45, 2.75) is 38.8 Å². The van der Waals surface area contributed by atoms with Gasteiger partial charge in [0, 0.05) is 52.1 Å². The first kappa shape index (κ1) is 23.2. The van der Waals surface area contributed by atoms with E-state index in [4.69, 9.17) is 9.73 Å². The second kappa shape index (κ2) is 11.2. The lowest BCUT2D eigenvalue weighted by atomic mass is 10.0. The number of hydrogen-bond donors (Lipinski definition) is 2. The van der Waals surface area contributed by atoms with Crippen LogP contribution in [0.1, 0.15) is 32.3 Å². The molecule has 0 amide bonds. The van der Waals surface area contributed by atoms with Crippen LogP contribution in [-0.4, -0.2) is 74.4 Å². The van der Waals surface area contributed by atoms with Crippen molar-refractivity contribution in [1.29, 1.82) is 0 Å². The monoisotopic (exact) mass is 502 g/mol. The molecular formula is C20H35IN6O. The van der Waals surface area contributed by atoms with Crippen LogP contribution in [0.25, 0.3) is 0 Å². The van der Waals surface area contributed by atoms with E-state index in [0.29, 0.717) is 6.54 Å². The Morgan fingerprint density at radius 2 is 2.04 bits per heavy atom. The van der Waals surface area contributed by atoms with Crippen LogP contribution >= 0.6 is 24.0 Å². The van der Waals surface area contributed by atoms with Gasteiger partial charge in [-0.1, -0.05) is 6.07 Å². The van der Waals surface area contributed by atoms with E-state index in [1.165, 1.54) is 0 Å². The Morgan fingerprint density at radius 1 is 1.25 bits per heavy atom. The highest BCUT2D eigenvalue weighted by molar-refractivity contribution is 14.0. The predicted molar refractivity (Wildman–Crippen MR) is 126 cm³/mol. The van der Waals surface area contributed by atoms with Gasteiger partial charge >= 0.3 is 0 Å². The molecule has 0 aliphatic carbocycles. The molecule has 3 heterocycles. The second-order valence-corrected chi connectivity index (χ2v) is 7.77. The van der Waals surface area contributed by atoms with Gasteiger partial charge in [0.15, 0.2) is 5.96 Å². The summed E-state index contributed by atoms with van der Waals surface area (Å²) in [6.45, 7) is 11.6. The molecule has 2 saturated heterocycles. The van der Waals surface area contributed by atoms with Crippen LogP contribution in [0.5, 0.6) is 0 Å². The van der Waals surface area contributed by atoms with E-state index < -0.39 is 0 Å². The largest absolute Gasteiger partial charge is 0.373 e. The van der Waals surface area contributed by atoms with E-state index in [1.54, 1.807) is 0 Å². The minimum absolute atomic E-state index is 0. The Morgan fingerprint density at radius 3 is 2.64 bits per heavy atom. The third kappa shape index (κ3) is 6.73. The molecule has 2 fully saturated rings. The van der Waals surface area contributed by atoms with E-state index in [0.717, 1.165) is 76.1 Å². The number of nitrogens with one attached hydrogen (secondary N) is 2. The number of hydrogen-bond acceptors (Lipinski definition) is 5. The SMILES string of the molecule is CCNC(=NCc1ccc(N2CCN(C)CC2)nc1)NCC1(C)CCCO1.I. The normalized spacial score (nSPS) is 23.4. The van der Waals surface area contributed by atoms with Crippen LogP contribution < -0.4 is 15.5 Å². The number of nitrogens with zero attached hydrogens (tertiary/aromatic N) is 4. The molecule has 1 aromatic heterocycles. The molecular weight excluding hydrogens is 467 g/mol. The number of anilines is 1. The number of aliphatic imine (C=N–C) groups is 1. The number of piperazine rings is 1. The van der Waals surface area contributed by atoms with E-state index in [1.807, 2.05) is 6.20 Å². The highest BCUT2D eigenvalue weighted by atomic mass is 127. The first-order valence-electron chi connectivity index (χ1n) is 10.1. The fourth-order valence-electron chi connectivity index (χ4n) is 3.49. The zero-order valence-corrected chi connectivity index (χ0v) is 19.7. The molecule has 158 valence electrons. The average molecular weight is 502 g/mol. The van der Waals surface area contributed by atoms with Gasteiger partial charge in [-0.15, -0.1) is 24.0 Å². The summed E-state index contributed by atoms with van der Waals surface area (Å²) in [5.41, 5.74) is 1.04. The molecule has 0 saturated carbocycles. The van der Waals surface area contributed by atoms with E-state index in [2.05, 4.69) is 58.4 Å². The van der Waals surface area contributed by atoms with Gasteiger partial charge in [0.2, 0.25) is 0 Å². The number of guanidine groups is 1. The first-order chi connectivity index (χ1) is 13.1. The zero-order valence-electron chi connectivity index (χ0n) is 17.4. The van der Waals surface area contributed by atoms with Crippen molar-refractivity contribution in [2.24, 2.45) is 4.99 Å². The molecule has 1 aromatic rings. The number of halogens is 1. The number of rotatable bonds is 6. The highest BCUT2D eigenvalue weighted by Gasteiger charge is 2.29. The summed E-state index contributed by atoms with van der Waals surface area (Å²) < 4.78 is 5.85. The molecule has 2 aliphatic heterocycles. The molecule has 1 atom stereocenters. The summed E-state index contributed by atoms with van der Waals surface area (Å²) in [5.74, 6) is 1.89. The van der Waals surface area contributed by atoms with Crippen molar-refractivity contribution in [3.63, 3.8) is 0 Å². The Kier molecular flexibility index (Phi) is 9.23. The van der Waals surface area contributed by atoms with Gasteiger partial charge < -0.3 is 25.2 Å². The third-order valence-corrected chi connectivity index (χ3v) is 5.33. The van der Waals surface area contributed by atoms with Crippen molar-refractivity contribution in [3.05, 3.63) is 23.9 Å². The van der Waals surface area contributed by atoms with Gasteiger partial charge in [-0.25, -0.2) is 9.98 Å². The summed E-state index contributed by atoms with van der Waals surface area (Å²) in [6.07, 6.45) is 4.18. The van der Waals surface area contributed by atoms with Crippen molar-refractivity contribution in [3.8, 4) is 0 Å². The highest BCUT2D eigenvalue weighted by Crippen LogP contribution is 2.23. The fourth-order valence-corrected chi connectivity index (χ4v) is 3.49. The van der Waals surface area contributed by atoms with Crippen LogP contribution in [0.2, 0.25) is 0 Å². The van der Waals surface area contributed by atoms with Gasteiger partial charge in [-0.3, -0.25) is 0 Å². The maximum absolute atomic E-state index is 5.85. The van der Waals surface area contributed by atoms with Crippen LogP contribution in [0.4, 0.5) is 5.82 Å². The molecule has 1 unspecified atom stereocenters. The molecule has 0 aromatic carbocycles. The van der Waals surface area contributed by atoms with Gasteiger partial charge in [-0.05, 0) is 45.4 Å². The van der Waals surface area contributed by atoms with E-state index in [9.17, 15) is 0 Å². The Hall–Kier alpha value is -1.13. The molecule has 0 spiro atoms. The lowest BCUT2D eigenvalue weighted by molar-refractivity contribution is 0.0243. The van der Waals surface area contributed by atoms with Crippen LogP contribution in [0.3, 0.4) is 0 Å². The second-order valence-electron chi connectivity index (χ2n) is 7.77. The van der Waals surface area contributed by atoms with Gasteiger partial charge in [0.25, 0.3) is 0 Å². The zero-order chi connectivity index (χ0) is 19.1. The maximum Gasteiger partial charge on any atom is 0.191 e. The molecule has 0 radical (unpaired) electrons. The third-order valence-electron chi connectivity index (χ3n) is 5.33. The quantitative estimate of drug-likeness (QED) is 0.353. The maximum atomic E-state index is 5.85. The summed E-state index contributed by atoms with van der Waals surface area (Å²) in [4.78, 5) is 14.1. The minimum Gasteiger partial charge on any atom is -0.373 e. The van der Waals surface area contributed by atoms with Crippen LogP contribution in [0.15, 0.2) is 23.3 Å². The first-order valence-corrected chi connectivity index (χ1v) is 10.1. The summed E-state index contributed by atoms with van der Waals surface area (Å²) >= 11 is 0. The standard InChI is InChI=1S/C20H34N6O.HI/c1-4-21-19(24-16-20(2)8-5-13-27-20)23-15-17-6-7-18(22-14-17)26-11-9-25(3)10-12-26;/h6-7,14H,4-5,8-13,15-16H2,1-3H3,(H2,21,23,24);1H. The van der Waals surface area contributed by atoms with Gasteiger partial charge in [0.1, 0.15) is 5.82 Å². The topological polar surface area (TPSA) is 65.0 Å². The Labute approximate surface area is 186 Å². The van der Waals surface area contributed by atoms with Crippen molar-refractivity contribution in [2.75, 3.05) is 57.8 Å². The molecule has 2 aliphatic rings. The summed E-state index contributed by atoms with van der Waals surface area (Å²) in [6, 6.07) is 4.25. The van der Waals surface area contributed by atoms with Crippen molar-refractivity contribution < 1.29 is 4.74 Å². The molecule has 2 N–H and O–H groups in total. The van der Waals surface area contributed by atoms with Crippen LogP contribution in [0, 0.1) is 0 Å². The molecule has 8 heteroatoms. The Balaban J connectivity index is 0.00000280. The van der Waals surface area contributed by atoms with Gasteiger partial charge in [0.05, 0.1) is 12.1 Å². The number of likely N-dealkylation sites (N-methyl/N-ethyl adjacent to an activating group) is 1. The molecule has 0 bridgehead atoms. The predicted octanol–water partition coefficient (Wildman–Crippen LogP) is 2.08. The summed E-state index contributed by atoms with van der Waals surface area (Å²) in [7, 11) is 2.17. The minimum atomic E-state index is -0.0814. The van der Waals surface area contributed by atoms with Crippen molar-refractivity contribution in [1.82, 2.24) is 20.5 Å². The van der Waals surface area contributed by atoms with Crippen molar-refractivity contribution >= 4 is 35.8 Å². The fraction of sp³-hybridized carbons (Fsp3) is 0.700. The van der Waals surface area contributed by atoms with E-state index >= 15 is 0 Å². The average Bonchev–Trinajstić information content (AvgIpc) is 3.12. The Bertz CT molecular complexity index is 610. The summed E-state index contributed by atoms with van der Waals surface area (Å²) in [5, 5.41) is 6.73. The molecule has 7 nitrogen and oxygen atoms in total. The number of aromatic nitrogens is 1. The number of ether oxygens (including phenoxy) is 1. The smallest absolute Gasteiger partial charge is 0.191 e.